The molecule has 0 atom stereocenters. The zero-order valence-electron chi connectivity index (χ0n) is 12.5. The third-order valence-electron chi connectivity index (χ3n) is 4.13. The molecule has 22 heavy (non-hydrogen) atoms. The maximum Gasteiger partial charge on any atom is 0.339 e. The molecule has 1 aromatic carbocycles. The van der Waals surface area contributed by atoms with Crippen LogP contribution < -0.4 is 10.4 Å². The lowest BCUT2D eigenvalue weighted by Crippen LogP contribution is -2.08. The third-order valence-corrected chi connectivity index (χ3v) is 4.13. The van der Waals surface area contributed by atoms with Crippen molar-refractivity contribution in [2.24, 2.45) is 0 Å². The van der Waals surface area contributed by atoms with Crippen LogP contribution in [0, 0.1) is 6.92 Å². The van der Waals surface area contributed by atoms with Gasteiger partial charge in [0.25, 0.3) is 0 Å². The molecular formula is C17H18O5. The molecule has 0 bridgehead atoms. The summed E-state index contributed by atoms with van der Waals surface area (Å²) in [6.45, 7) is 2.19. The van der Waals surface area contributed by atoms with Gasteiger partial charge in [0, 0.05) is 22.9 Å². The number of fused-ring (bicyclic) bond motifs is 3. The van der Waals surface area contributed by atoms with Gasteiger partial charge in [-0.15, -0.1) is 0 Å². The molecule has 1 aliphatic carbocycles. The van der Waals surface area contributed by atoms with Gasteiger partial charge in [-0.25, -0.2) is 4.79 Å². The molecule has 0 amide bonds. The summed E-state index contributed by atoms with van der Waals surface area (Å²) in [6, 6.07) is 3.80. The molecular weight excluding hydrogens is 284 g/mol. The number of benzene rings is 1. The Kier molecular flexibility index (Phi) is 3.88. The van der Waals surface area contributed by atoms with Crippen LogP contribution in [0.1, 0.15) is 36.0 Å². The molecule has 1 aliphatic rings. The number of aliphatic carboxylic acids is 1. The van der Waals surface area contributed by atoms with E-state index in [2.05, 4.69) is 0 Å². The Balaban J connectivity index is 1.91. The molecule has 0 spiro atoms. The lowest BCUT2D eigenvalue weighted by molar-refractivity contribution is -0.137. The van der Waals surface area contributed by atoms with Gasteiger partial charge in [0.2, 0.25) is 0 Å². The Bertz CT molecular complexity index is 788. The van der Waals surface area contributed by atoms with Crippen molar-refractivity contribution in [2.45, 2.75) is 39.0 Å². The summed E-state index contributed by atoms with van der Waals surface area (Å²) in [4.78, 5) is 22.5. The summed E-state index contributed by atoms with van der Waals surface area (Å²) in [5, 5.41) is 9.61. The maximum atomic E-state index is 12.1. The van der Waals surface area contributed by atoms with Crippen molar-refractivity contribution in [2.75, 3.05) is 6.61 Å². The number of carboxylic acid groups (broad SMARTS) is 1. The maximum absolute atomic E-state index is 12.1. The zero-order valence-corrected chi connectivity index (χ0v) is 12.5. The molecule has 2 aromatic rings. The van der Waals surface area contributed by atoms with Gasteiger partial charge in [0.15, 0.2) is 0 Å². The Hall–Kier alpha value is -2.30. The van der Waals surface area contributed by atoms with Crippen molar-refractivity contribution in [3.63, 3.8) is 0 Å². The molecule has 3 rings (SSSR count). The minimum Gasteiger partial charge on any atom is -0.493 e. The van der Waals surface area contributed by atoms with Gasteiger partial charge < -0.3 is 14.3 Å². The predicted molar refractivity (Wildman–Crippen MR) is 81.6 cm³/mol. The van der Waals surface area contributed by atoms with E-state index in [-0.39, 0.29) is 12.0 Å². The molecule has 1 aromatic heterocycles. The van der Waals surface area contributed by atoms with E-state index < -0.39 is 5.97 Å². The second-order valence-electron chi connectivity index (χ2n) is 5.61. The quantitative estimate of drug-likeness (QED) is 0.679. The summed E-state index contributed by atoms with van der Waals surface area (Å²) in [5.74, 6) is -0.195. The van der Waals surface area contributed by atoms with E-state index in [9.17, 15) is 9.59 Å². The Morgan fingerprint density at radius 2 is 2.09 bits per heavy atom. The van der Waals surface area contributed by atoms with E-state index in [1.54, 1.807) is 0 Å². The van der Waals surface area contributed by atoms with Crippen LogP contribution in [0.3, 0.4) is 0 Å². The average molecular weight is 302 g/mol. The van der Waals surface area contributed by atoms with Crippen molar-refractivity contribution in [1.82, 2.24) is 0 Å². The molecule has 116 valence electrons. The summed E-state index contributed by atoms with van der Waals surface area (Å²) in [5.41, 5.74) is 3.04. The number of carbonyl (C=O) groups is 1. The first kappa shape index (κ1) is 14.6. The summed E-state index contributed by atoms with van der Waals surface area (Å²) < 4.78 is 11.1. The first-order valence-electron chi connectivity index (χ1n) is 7.50. The van der Waals surface area contributed by atoms with Gasteiger partial charge >= 0.3 is 11.6 Å². The Morgan fingerprint density at radius 3 is 2.86 bits per heavy atom. The van der Waals surface area contributed by atoms with Crippen LogP contribution in [-0.4, -0.2) is 17.7 Å². The fraction of sp³-hybridized carbons (Fsp3) is 0.412. The number of hydrogen-bond acceptors (Lipinski definition) is 4. The standard InChI is InChI=1S/C17H18O5/c1-10-14(21-9-3-6-15(18)19)8-7-12-11-4-2-5-13(11)17(20)22-16(10)12/h7-8H,2-6,9H2,1H3,(H,18,19). The van der Waals surface area contributed by atoms with Crippen molar-refractivity contribution in [3.05, 3.63) is 39.2 Å². The van der Waals surface area contributed by atoms with Gasteiger partial charge in [0.1, 0.15) is 11.3 Å². The van der Waals surface area contributed by atoms with Gasteiger partial charge in [0.05, 0.1) is 6.61 Å². The van der Waals surface area contributed by atoms with Crippen molar-refractivity contribution in [1.29, 1.82) is 0 Å². The highest BCUT2D eigenvalue weighted by atomic mass is 16.5. The van der Waals surface area contributed by atoms with E-state index in [0.717, 1.165) is 41.3 Å². The monoisotopic (exact) mass is 302 g/mol. The van der Waals surface area contributed by atoms with Crippen LogP contribution in [0.25, 0.3) is 11.0 Å². The first-order chi connectivity index (χ1) is 10.6. The Labute approximate surface area is 127 Å². The van der Waals surface area contributed by atoms with Crippen LogP contribution in [0.2, 0.25) is 0 Å². The Morgan fingerprint density at radius 1 is 1.32 bits per heavy atom. The smallest absolute Gasteiger partial charge is 0.339 e. The fourth-order valence-corrected chi connectivity index (χ4v) is 3.03. The average Bonchev–Trinajstić information content (AvgIpc) is 2.96. The molecule has 1 heterocycles. The van der Waals surface area contributed by atoms with Crippen molar-refractivity contribution >= 4 is 16.9 Å². The van der Waals surface area contributed by atoms with Gasteiger partial charge in [-0.2, -0.15) is 0 Å². The zero-order chi connectivity index (χ0) is 15.7. The highest BCUT2D eigenvalue weighted by molar-refractivity contribution is 5.86. The van der Waals surface area contributed by atoms with Gasteiger partial charge in [-0.05, 0) is 50.3 Å². The van der Waals surface area contributed by atoms with Crippen LogP contribution in [0.15, 0.2) is 21.3 Å². The summed E-state index contributed by atoms with van der Waals surface area (Å²) in [7, 11) is 0. The molecule has 0 saturated heterocycles. The predicted octanol–water partition coefficient (Wildman–Crippen LogP) is 2.83. The lowest BCUT2D eigenvalue weighted by Gasteiger charge is -2.12. The second-order valence-corrected chi connectivity index (χ2v) is 5.61. The van der Waals surface area contributed by atoms with Crippen LogP contribution in [0.4, 0.5) is 0 Å². The number of ether oxygens (including phenoxy) is 1. The molecule has 0 saturated carbocycles. The van der Waals surface area contributed by atoms with Crippen molar-refractivity contribution in [3.8, 4) is 5.75 Å². The minimum atomic E-state index is -0.833. The SMILES string of the molecule is Cc1c(OCCCC(=O)O)ccc2c3c(c(=O)oc12)CCC3. The number of carboxylic acids is 1. The highest BCUT2D eigenvalue weighted by Gasteiger charge is 2.21. The van der Waals surface area contributed by atoms with E-state index in [0.29, 0.717) is 24.4 Å². The highest BCUT2D eigenvalue weighted by Crippen LogP contribution is 2.32. The fourth-order valence-electron chi connectivity index (χ4n) is 3.03. The topological polar surface area (TPSA) is 76.7 Å². The van der Waals surface area contributed by atoms with E-state index in [1.165, 1.54) is 0 Å². The number of rotatable bonds is 5. The summed E-state index contributed by atoms with van der Waals surface area (Å²) in [6.07, 6.45) is 3.22. The molecule has 5 heteroatoms. The normalized spacial score (nSPS) is 13.3. The lowest BCUT2D eigenvalue weighted by atomic mass is 10.0. The van der Waals surface area contributed by atoms with E-state index >= 15 is 0 Å². The molecule has 0 aliphatic heterocycles. The molecule has 0 unspecified atom stereocenters. The van der Waals surface area contributed by atoms with Gasteiger partial charge in [-0.3, -0.25) is 4.79 Å². The second kappa shape index (κ2) is 5.83. The number of aryl methyl sites for hydroxylation is 2. The molecule has 0 radical (unpaired) electrons. The summed E-state index contributed by atoms with van der Waals surface area (Å²) >= 11 is 0. The number of hydrogen-bond donors (Lipinski definition) is 1. The molecule has 5 nitrogen and oxygen atoms in total. The van der Waals surface area contributed by atoms with Crippen molar-refractivity contribution < 1.29 is 19.1 Å². The van der Waals surface area contributed by atoms with Crippen LogP contribution in [0.5, 0.6) is 5.75 Å². The van der Waals surface area contributed by atoms with E-state index in [4.69, 9.17) is 14.3 Å². The van der Waals surface area contributed by atoms with Crippen LogP contribution >= 0.6 is 0 Å². The van der Waals surface area contributed by atoms with Crippen LogP contribution in [-0.2, 0) is 17.6 Å². The first-order valence-corrected chi connectivity index (χ1v) is 7.50. The third kappa shape index (κ3) is 2.58. The largest absolute Gasteiger partial charge is 0.493 e. The minimum absolute atomic E-state index is 0.0786. The van der Waals surface area contributed by atoms with E-state index in [1.807, 2.05) is 19.1 Å². The van der Waals surface area contributed by atoms with Gasteiger partial charge in [-0.1, -0.05) is 0 Å². The molecule has 0 fully saturated rings. The molecule has 1 N–H and O–H groups in total.